The smallest absolute Gasteiger partial charge is 0.251 e. The van der Waals surface area contributed by atoms with Gasteiger partial charge < -0.3 is 19.9 Å². The Labute approximate surface area is 210 Å². The summed E-state index contributed by atoms with van der Waals surface area (Å²) in [4.78, 5) is 25.4. The molecule has 2 N–H and O–H groups in total. The summed E-state index contributed by atoms with van der Waals surface area (Å²) in [6.45, 7) is 10.3. The minimum Gasteiger partial charge on any atom is -0.497 e. The summed E-state index contributed by atoms with van der Waals surface area (Å²) in [5.74, 6) is 1.17. The molecule has 8 nitrogen and oxygen atoms in total. The predicted molar refractivity (Wildman–Crippen MR) is 139 cm³/mol. The topological polar surface area (TPSA) is 98.1 Å². The molecular weight excluding hydrogens is 462 g/mol. The van der Waals surface area contributed by atoms with Crippen LogP contribution in [0.15, 0.2) is 66.3 Å². The molecule has 35 heavy (non-hydrogen) atoms. The van der Waals surface area contributed by atoms with E-state index in [1.807, 2.05) is 49.6 Å². The average molecular weight is 494 g/mol. The summed E-state index contributed by atoms with van der Waals surface area (Å²) in [6, 6.07) is 14.2. The third-order valence-electron chi connectivity index (χ3n) is 5.27. The van der Waals surface area contributed by atoms with Gasteiger partial charge in [0.15, 0.2) is 11.0 Å². The van der Waals surface area contributed by atoms with E-state index in [-0.39, 0.29) is 29.5 Å². The first-order valence-electron chi connectivity index (χ1n) is 11.3. The number of nitrogens with one attached hydrogen (secondary N) is 2. The van der Waals surface area contributed by atoms with Gasteiger partial charge in [-0.05, 0) is 54.8 Å². The summed E-state index contributed by atoms with van der Waals surface area (Å²) in [5.41, 5.74) is 2.35. The van der Waals surface area contributed by atoms with Gasteiger partial charge in [0.2, 0.25) is 5.91 Å². The van der Waals surface area contributed by atoms with Crippen LogP contribution in [0, 0.1) is 12.8 Å². The van der Waals surface area contributed by atoms with Gasteiger partial charge in [-0.25, -0.2) is 0 Å². The van der Waals surface area contributed by atoms with Crippen molar-refractivity contribution in [3.63, 3.8) is 0 Å². The summed E-state index contributed by atoms with van der Waals surface area (Å²) in [5, 5.41) is 15.3. The van der Waals surface area contributed by atoms with Gasteiger partial charge in [0.1, 0.15) is 5.75 Å². The molecule has 0 fully saturated rings. The van der Waals surface area contributed by atoms with Crippen LogP contribution in [0.3, 0.4) is 0 Å². The number of hydrogen-bond acceptors (Lipinski definition) is 6. The van der Waals surface area contributed by atoms with E-state index >= 15 is 0 Å². The lowest BCUT2D eigenvalue weighted by Gasteiger charge is -2.22. The summed E-state index contributed by atoms with van der Waals surface area (Å²) < 4.78 is 7.05. The first-order valence-corrected chi connectivity index (χ1v) is 12.3. The van der Waals surface area contributed by atoms with Crippen molar-refractivity contribution in [2.24, 2.45) is 5.92 Å². The molecule has 1 aromatic heterocycles. The van der Waals surface area contributed by atoms with Crippen molar-refractivity contribution < 1.29 is 14.3 Å². The second kappa shape index (κ2) is 12.2. The number of rotatable bonds is 11. The number of aromatic nitrogens is 3. The van der Waals surface area contributed by atoms with Crippen LogP contribution >= 0.6 is 11.8 Å². The number of anilines is 1. The lowest BCUT2D eigenvalue weighted by Crippen LogP contribution is -2.33. The standard InChI is InChI=1S/C26H31N5O3S/c1-6-14-31-24(23(17(2)3)28-25(33)19-10-12-21(34-5)13-11-19)29-30-26(31)35-16-22(32)27-20-9-7-8-18(4)15-20/h6-13,15,17,23H,1,14,16H2,2-5H3,(H,27,32)(H,28,33)/t23-/m1/s1. The Morgan fingerprint density at radius 3 is 2.54 bits per heavy atom. The highest BCUT2D eigenvalue weighted by atomic mass is 32.2. The molecule has 0 aliphatic heterocycles. The van der Waals surface area contributed by atoms with Gasteiger partial charge in [-0.1, -0.05) is 43.8 Å². The van der Waals surface area contributed by atoms with Crippen LogP contribution in [-0.4, -0.2) is 39.4 Å². The number of aryl methyl sites for hydroxylation is 1. The number of hydrogen-bond donors (Lipinski definition) is 2. The first kappa shape index (κ1) is 26.0. The highest BCUT2D eigenvalue weighted by Gasteiger charge is 2.26. The quantitative estimate of drug-likeness (QED) is 0.298. The van der Waals surface area contributed by atoms with Crippen LogP contribution in [-0.2, 0) is 11.3 Å². The molecule has 1 atom stereocenters. The zero-order chi connectivity index (χ0) is 25.4. The minimum absolute atomic E-state index is 0.0485. The summed E-state index contributed by atoms with van der Waals surface area (Å²) in [6.07, 6.45) is 1.74. The monoisotopic (exact) mass is 493 g/mol. The van der Waals surface area contributed by atoms with Crippen LogP contribution in [0.5, 0.6) is 5.75 Å². The number of carbonyl (C=O) groups is 2. The molecule has 0 unspecified atom stereocenters. The maximum Gasteiger partial charge on any atom is 0.251 e. The molecule has 9 heteroatoms. The molecule has 0 spiro atoms. The number of ether oxygens (including phenoxy) is 1. The molecule has 3 rings (SSSR count). The average Bonchev–Trinajstić information content (AvgIpc) is 3.23. The van der Waals surface area contributed by atoms with Crippen LogP contribution in [0.4, 0.5) is 5.69 Å². The molecule has 0 bridgehead atoms. The van der Waals surface area contributed by atoms with Gasteiger partial charge in [-0.3, -0.25) is 9.59 Å². The van der Waals surface area contributed by atoms with E-state index < -0.39 is 0 Å². The lowest BCUT2D eigenvalue weighted by atomic mass is 10.0. The Morgan fingerprint density at radius 1 is 1.17 bits per heavy atom. The van der Waals surface area contributed by atoms with Gasteiger partial charge in [0.25, 0.3) is 5.91 Å². The van der Waals surface area contributed by atoms with Crippen molar-refractivity contribution >= 4 is 29.3 Å². The normalized spacial score (nSPS) is 11.7. The minimum atomic E-state index is -0.382. The molecule has 0 saturated carbocycles. The zero-order valence-electron chi connectivity index (χ0n) is 20.4. The van der Waals surface area contributed by atoms with Crippen molar-refractivity contribution in [2.45, 2.75) is 38.5 Å². The molecule has 2 aromatic carbocycles. The predicted octanol–water partition coefficient (Wildman–Crippen LogP) is 4.64. The van der Waals surface area contributed by atoms with Gasteiger partial charge in [0.05, 0.1) is 18.9 Å². The number of amides is 2. The van der Waals surface area contributed by atoms with Crippen molar-refractivity contribution in [3.05, 3.63) is 78.1 Å². The van der Waals surface area contributed by atoms with E-state index in [1.165, 1.54) is 11.8 Å². The summed E-state index contributed by atoms with van der Waals surface area (Å²) >= 11 is 1.29. The Balaban J connectivity index is 1.74. The molecule has 0 aliphatic carbocycles. The van der Waals surface area contributed by atoms with Crippen LogP contribution in [0.2, 0.25) is 0 Å². The third kappa shape index (κ3) is 6.95. The van der Waals surface area contributed by atoms with E-state index in [0.717, 1.165) is 11.3 Å². The van der Waals surface area contributed by atoms with E-state index in [9.17, 15) is 9.59 Å². The fraction of sp³-hybridized carbons (Fsp3) is 0.308. The van der Waals surface area contributed by atoms with E-state index in [2.05, 4.69) is 27.4 Å². The highest BCUT2D eigenvalue weighted by molar-refractivity contribution is 7.99. The second-order valence-corrected chi connectivity index (χ2v) is 9.31. The maximum atomic E-state index is 12.9. The molecule has 3 aromatic rings. The SMILES string of the molecule is C=CCn1c(SCC(=O)Nc2cccc(C)c2)nnc1[C@H](NC(=O)c1ccc(OC)cc1)C(C)C. The number of methoxy groups -OCH3 is 1. The van der Waals surface area contributed by atoms with E-state index in [4.69, 9.17) is 4.74 Å². The Hall–Kier alpha value is -3.59. The van der Waals surface area contributed by atoms with E-state index in [0.29, 0.717) is 28.8 Å². The van der Waals surface area contributed by atoms with Gasteiger partial charge in [-0.2, -0.15) is 0 Å². The first-order chi connectivity index (χ1) is 16.8. The summed E-state index contributed by atoms with van der Waals surface area (Å²) in [7, 11) is 1.58. The maximum absolute atomic E-state index is 12.9. The number of nitrogens with zero attached hydrogens (tertiary/aromatic N) is 3. The fourth-order valence-corrected chi connectivity index (χ4v) is 4.24. The molecular formula is C26H31N5O3S. The number of benzene rings is 2. The molecule has 0 saturated heterocycles. The van der Waals surface area contributed by atoms with Crippen molar-refractivity contribution in [1.29, 1.82) is 0 Å². The fourth-order valence-electron chi connectivity index (χ4n) is 3.48. The van der Waals surface area contributed by atoms with Crippen molar-refractivity contribution in [2.75, 3.05) is 18.2 Å². The van der Waals surface area contributed by atoms with Crippen molar-refractivity contribution in [1.82, 2.24) is 20.1 Å². The molecule has 2 amide bonds. The van der Waals surface area contributed by atoms with Gasteiger partial charge >= 0.3 is 0 Å². The molecule has 0 radical (unpaired) electrons. The number of carbonyl (C=O) groups excluding carboxylic acids is 2. The van der Waals surface area contributed by atoms with Crippen LogP contribution < -0.4 is 15.4 Å². The molecule has 1 heterocycles. The van der Waals surface area contributed by atoms with Crippen LogP contribution in [0.1, 0.15) is 41.6 Å². The second-order valence-electron chi connectivity index (χ2n) is 8.37. The zero-order valence-corrected chi connectivity index (χ0v) is 21.3. The van der Waals surface area contributed by atoms with Crippen molar-refractivity contribution in [3.8, 4) is 5.75 Å². The lowest BCUT2D eigenvalue weighted by molar-refractivity contribution is -0.113. The largest absolute Gasteiger partial charge is 0.497 e. The highest BCUT2D eigenvalue weighted by Crippen LogP contribution is 2.26. The number of thioether (sulfide) groups is 1. The molecule has 0 aliphatic rings. The number of allylic oxidation sites excluding steroid dienone is 1. The Kier molecular flexibility index (Phi) is 9.08. The van der Waals surface area contributed by atoms with Gasteiger partial charge in [-0.15, -0.1) is 16.8 Å². The Bertz CT molecular complexity index is 1170. The third-order valence-corrected chi connectivity index (χ3v) is 6.24. The molecule has 184 valence electrons. The Morgan fingerprint density at radius 2 is 1.91 bits per heavy atom. The van der Waals surface area contributed by atoms with Crippen LogP contribution in [0.25, 0.3) is 0 Å². The van der Waals surface area contributed by atoms with Gasteiger partial charge in [0, 0.05) is 17.8 Å². The van der Waals surface area contributed by atoms with E-state index in [1.54, 1.807) is 37.5 Å².